The van der Waals surface area contributed by atoms with Crippen molar-refractivity contribution in [2.45, 2.75) is 40.3 Å². The second-order valence-electron chi connectivity index (χ2n) is 5.80. The van der Waals surface area contributed by atoms with Gasteiger partial charge in [-0.1, -0.05) is 29.8 Å². The molecule has 1 atom stereocenters. The maximum absolute atomic E-state index is 12.6. The second kappa shape index (κ2) is 7.45. The minimum atomic E-state index is -0.750. The number of hydrogen-bond acceptors (Lipinski definition) is 4. The van der Waals surface area contributed by atoms with Crippen LogP contribution in [0.2, 0.25) is 0 Å². The van der Waals surface area contributed by atoms with E-state index in [1.165, 1.54) is 10.6 Å². The lowest BCUT2D eigenvalue weighted by Gasteiger charge is -2.22. The SMILES string of the molecule is CCOC(=O)C(C)n1c(-c2ccc(C)cc2)c(C)c(CO)cc1=O. The number of aryl methyl sites for hydroxylation is 1. The molecule has 0 aliphatic heterocycles. The molecule has 2 aromatic rings. The average Bonchev–Trinajstić information content (AvgIpc) is 2.56. The topological polar surface area (TPSA) is 68.5 Å². The Labute approximate surface area is 141 Å². The van der Waals surface area contributed by atoms with Crippen LogP contribution in [0.1, 0.15) is 36.6 Å². The number of carbonyl (C=O) groups excluding carboxylic acids is 1. The molecule has 128 valence electrons. The van der Waals surface area contributed by atoms with Gasteiger partial charge < -0.3 is 9.84 Å². The fourth-order valence-electron chi connectivity index (χ4n) is 2.75. The number of esters is 1. The van der Waals surface area contributed by atoms with E-state index in [1.54, 1.807) is 13.8 Å². The number of benzene rings is 1. The van der Waals surface area contributed by atoms with Gasteiger partial charge in [-0.3, -0.25) is 9.36 Å². The number of hydrogen-bond donors (Lipinski definition) is 1. The normalized spacial score (nSPS) is 12.0. The van der Waals surface area contributed by atoms with Gasteiger partial charge in [-0.2, -0.15) is 0 Å². The lowest BCUT2D eigenvalue weighted by atomic mass is 10.00. The maximum atomic E-state index is 12.6. The van der Waals surface area contributed by atoms with Gasteiger partial charge in [-0.15, -0.1) is 0 Å². The summed E-state index contributed by atoms with van der Waals surface area (Å²) in [5.74, 6) is -0.455. The van der Waals surface area contributed by atoms with Gasteiger partial charge in [0, 0.05) is 6.07 Å². The summed E-state index contributed by atoms with van der Waals surface area (Å²) in [5, 5.41) is 9.54. The summed E-state index contributed by atoms with van der Waals surface area (Å²) in [7, 11) is 0. The van der Waals surface area contributed by atoms with Crippen molar-refractivity contribution in [2.24, 2.45) is 0 Å². The molecular weight excluding hydrogens is 306 g/mol. The number of rotatable bonds is 5. The third-order valence-corrected chi connectivity index (χ3v) is 4.12. The highest BCUT2D eigenvalue weighted by molar-refractivity contribution is 5.76. The van der Waals surface area contributed by atoms with Crippen molar-refractivity contribution in [1.82, 2.24) is 4.57 Å². The van der Waals surface area contributed by atoms with Crippen LogP contribution in [0.4, 0.5) is 0 Å². The first-order valence-electron chi connectivity index (χ1n) is 8.00. The van der Waals surface area contributed by atoms with Crippen LogP contribution in [-0.4, -0.2) is 22.2 Å². The van der Waals surface area contributed by atoms with Gasteiger partial charge in [0.05, 0.1) is 18.9 Å². The predicted octanol–water partition coefficient (Wildman–Crippen LogP) is 2.75. The van der Waals surface area contributed by atoms with E-state index in [1.807, 2.05) is 38.1 Å². The molecular formula is C19H23NO4. The van der Waals surface area contributed by atoms with E-state index in [2.05, 4.69) is 0 Å². The Kier molecular flexibility index (Phi) is 5.57. The molecule has 1 aromatic carbocycles. The van der Waals surface area contributed by atoms with Crippen molar-refractivity contribution in [3.63, 3.8) is 0 Å². The van der Waals surface area contributed by atoms with Crippen LogP contribution < -0.4 is 5.56 Å². The van der Waals surface area contributed by atoms with E-state index in [9.17, 15) is 14.7 Å². The summed E-state index contributed by atoms with van der Waals surface area (Å²) < 4.78 is 6.51. The fraction of sp³-hybridized carbons (Fsp3) is 0.368. The first-order chi connectivity index (χ1) is 11.4. The van der Waals surface area contributed by atoms with Gasteiger partial charge >= 0.3 is 5.97 Å². The zero-order chi connectivity index (χ0) is 17.9. The zero-order valence-corrected chi connectivity index (χ0v) is 14.5. The monoisotopic (exact) mass is 329 g/mol. The number of aromatic nitrogens is 1. The van der Waals surface area contributed by atoms with Crippen LogP contribution >= 0.6 is 0 Å². The van der Waals surface area contributed by atoms with Crippen molar-refractivity contribution >= 4 is 5.97 Å². The summed E-state index contributed by atoms with van der Waals surface area (Å²) in [6.45, 7) is 7.23. The van der Waals surface area contributed by atoms with E-state index in [4.69, 9.17) is 4.74 Å². The van der Waals surface area contributed by atoms with Crippen LogP contribution in [0.3, 0.4) is 0 Å². The molecule has 5 heteroatoms. The van der Waals surface area contributed by atoms with Gasteiger partial charge in [-0.25, -0.2) is 4.79 Å². The molecule has 0 amide bonds. The molecule has 1 unspecified atom stereocenters. The second-order valence-corrected chi connectivity index (χ2v) is 5.80. The largest absolute Gasteiger partial charge is 0.464 e. The third-order valence-electron chi connectivity index (χ3n) is 4.12. The molecule has 0 saturated heterocycles. The van der Waals surface area contributed by atoms with Crippen molar-refractivity contribution in [3.05, 3.63) is 57.4 Å². The van der Waals surface area contributed by atoms with Crippen molar-refractivity contribution < 1.29 is 14.6 Å². The van der Waals surface area contributed by atoms with Crippen molar-refractivity contribution in [3.8, 4) is 11.3 Å². The van der Waals surface area contributed by atoms with E-state index >= 15 is 0 Å². The van der Waals surface area contributed by atoms with Crippen LogP contribution in [0.5, 0.6) is 0 Å². The Hall–Kier alpha value is -2.40. The van der Waals surface area contributed by atoms with Gasteiger partial charge in [-0.05, 0) is 44.4 Å². The third kappa shape index (κ3) is 3.41. The molecule has 0 saturated carbocycles. The Morgan fingerprint density at radius 1 is 1.25 bits per heavy atom. The standard InChI is InChI=1S/C19H23NO4/c1-5-24-19(23)14(4)20-17(22)10-16(11-21)13(3)18(20)15-8-6-12(2)7-9-15/h6-10,14,21H,5,11H2,1-4H3. The number of carbonyl (C=O) groups is 1. The lowest BCUT2D eigenvalue weighted by Crippen LogP contribution is -2.31. The first-order valence-corrected chi connectivity index (χ1v) is 8.00. The summed E-state index contributed by atoms with van der Waals surface area (Å²) in [6.07, 6.45) is 0. The number of nitrogens with zero attached hydrogens (tertiary/aromatic N) is 1. The molecule has 0 fully saturated rings. The van der Waals surface area contributed by atoms with Gasteiger partial charge in [0.25, 0.3) is 5.56 Å². The molecule has 5 nitrogen and oxygen atoms in total. The minimum Gasteiger partial charge on any atom is -0.464 e. The molecule has 1 heterocycles. The molecule has 0 radical (unpaired) electrons. The van der Waals surface area contributed by atoms with E-state index in [0.29, 0.717) is 11.3 Å². The van der Waals surface area contributed by atoms with Crippen LogP contribution in [0, 0.1) is 13.8 Å². The van der Waals surface area contributed by atoms with Crippen molar-refractivity contribution in [1.29, 1.82) is 0 Å². The van der Waals surface area contributed by atoms with Crippen LogP contribution in [0.15, 0.2) is 35.1 Å². The maximum Gasteiger partial charge on any atom is 0.328 e. The highest BCUT2D eigenvalue weighted by atomic mass is 16.5. The van der Waals surface area contributed by atoms with Crippen LogP contribution in [0.25, 0.3) is 11.3 Å². The summed E-state index contributed by atoms with van der Waals surface area (Å²) in [6, 6.07) is 8.34. The summed E-state index contributed by atoms with van der Waals surface area (Å²) >= 11 is 0. The molecule has 0 aliphatic rings. The highest BCUT2D eigenvalue weighted by Gasteiger charge is 2.23. The van der Waals surface area contributed by atoms with Gasteiger partial charge in [0.1, 0.15) is 6.04 Å². The molecule has 0 bridgehead atoms. The van der Waals surface area contributed by atoms with Crippen LogP contribution in [-0.2, 0) is 16.1 Å². The summed E-state index contributed by atoms with van der Waals surface area (Å²) in [4.78, 5) is 24.8. The van der Waals surface area contributed by atoms with Gasteiger partial charge in [0.2, 0.25) is 0 Å². The van der Waals surface area contributed by atoms with Crippen molar-refractivity contribution in [2.75, 3.05) is 6.61 Å². The molecule has 2 rings (SSSR count). The Balaban J connectivity index is 2.73. The quantitative estimate of drug-likeness (QED) is 0.857. The average molecular weight is 329 g/mol. The van der Waals surface area contributed by atoms with E-state index in [0.717, 1.165) is 16.7 Å². The van der Waals surface area contributed by atoms with Gasteiger partial charge in [0.15, 0.2) is 0 Å². The summed E-state index contributed by atoms with van der Waals surface area (Å²) in [5.41, 5.74) is 3.55. The fourth-order valence-corrected chi connectivity index (χ4v) is 2.75. The smallest absolute Gasteiger partial charge is 0.328 e. The number of aliphatic hydroxyl groups excluding tert-OH is 1. The van der Waals surface area contributed by atoms with E-state index in [-0.39, 0.29) is 18.8 Å². The number of aliphatic hydroxyl groups is 1. The Morgan fingerprint density at radius 2 is 1.88 bits per heavy atom. The van der Waals surface area contributed by atoms with E-state index < -0.39 is 12.0 Å². The molecule has 1 aromatic heterocycles. The minimum absolute atomic E-state index is 0.228. The first kappa shape index (κ1) is 17.9. The predicted molar refractivity (Wildman–Crippen MR) is 92.9 cm³/mol. The molecule has 0 spiro atoms. The molecule has 0 aliphatic carbocycles. The Morgan fingerprint density at radius 3 is 2.42 bits per heavy atom. The lowest BCUT2D eigenvalue weighted by molar-refractivity contribution is -0.146. The number of ether oxygens (including phenoxy) is 1. The highest BCUT2D eigenvalue weighted by Crippen LogP contribution is 2.27. The molecule has 24 heavy (non-hydrogen) atoms. The molecule has 1 N–H and O–H groups in total. The number of pyridine rings is 1. The Bertz CT molecular complexity index is 790. The zero-order valence-electron chi connectivity index (χ0n) is 14.5.